The lowest BCUT2D eigenvalue weighted by Gasteiger charge is -2.43. The fraction of sp³-hybridized carbons (Fsp3) is 0.417. The molecule has 0 spiro atoms. The first kappa shape index (κ1) is 20.0. The van der Waals surface area contributed by atoms with E-state index in [1.54, 1.807) is 24.0 Å². The molecule has 5 rings (SSSR count). The van der Waals surface area contributed by atoms with Crippen molar-refractivity contribution in [2.24, 2.45) is 0 Å². The number of aliphatic hydroxyl groups excluding tert-OH is 1. The molecule has 31 heavy (non-hydrogen) atoms. The van der Waals surface area contributed by atoms with Gasteiger partial charge >= 0.3 is 6.09 Å². The molecule has 1 unspecified atom stereocenters. The molecule has 0 aromatic heterocycles. The largest absolute Gasteiger partial charge is 0.441 e. The quantitative estimate of drug-likeness (QED) is 0.779. The number of cyclic esters (lactones) is 1. The van der Waals surface area contributed by atoms with Crippen molar-refractivity contribution in [1.82, 2.24) is 9.80 Å². The Hall–Kier alpha value is -2.90. The highest BCUT2D eigenvalue weighted by Crippen LogP contribution is 2.32. The van der Waals surface area contributed by atoms with E-state index in [0.717, 1.165) is 31.5 Å². The molecule has 2 aromatic carbocycles. The average molecular weight is 421 g/mol. The lowest BCUT2D eigenvalue weighted by atomic mass is 9.93. The maximum Gasteiger partial charge on any atom is 0.412 e. The van der Waals surface area contributed by atoms with Crippen LogP contribution in [0.5, 0.6) is 0 Å². The lowest BCUT2D eigenvalue weighted by molar-refractivity contribution is -0.0137. The summed E-state index contributed by atoms with van der Waals surface area (Å²) in [5.74, 6) is -0.127. The molecule has 0 radical (unpaired) electrons. The maximum absolute atomic E-state index is 13.1. The summed E-state index contributed by atoms with van der Waals surface area (Å²) in [6.07, 6.45) is 0.282. The number of ether oxygens (including phenoxy) is 1. The van der Waals surface area contributed by atoms with Crippen LogP contribution in [0.25, 0.3) is 0 Å². The van der Waals surface area contributed by atoms with Crippen molar-refractivity contribution in [3.8, 4) is 0 Å². The number of nitrogens with one attached hydrogen (secondary N) is 1. The molecule has 1 fully saturated rings. The van der Waals surface area contributed by atoms with Crippen LogP contribution < -0.4 is 5.32 Å². The van der Waals surface area contributed by atoms with Gasteiger partial charge in [-0.3, -0.25) is 15.0 Å². The Morgan fingerprint density at radius 2 is 1.97 bits per heavy atom. The van der Waals surface area contributed by atoms with Gasteiger partial charge in [-0.15, -0.1) is 0 Å². The molecule has 2 N–H and O–H groups in total. The number of amides is 2. The Kier molecular flexibility index (Phi) is 5.16. The number of carbonyl (C=O) groups excluding carboxylic acids is 2. The summed E-state index contributed by atoms with van der Waals surface area (Å²) in [5, 5.41) is 13.6. The second kappa shape index (κ2) is 7.98. The van der Waals surface area contributed by atoms with Gasteiger partial charge in [0.1, 0.15) is 6.10 Å². The molecule has 7 nitrogen and oxygen atoms in total. The van der Waals surface area contributed by atoms with Gasteiger partial charge < -0.3 is 14.7 Å². The van der Waals surface area contributed by atoms with E-state index in [1.807, 2.05) is 6.07 Å². The van der Waals surface area contributed by atoms with Crippen LogP contribution in [0.4, 0.5) is 10.5 Å². The van der Waals surface area contributed by atoms with Crippen LogP contribution >= 0.6 is 0 Å². The van der Waals surface area contributed by atoms with Crippen molar-refractivity contribution in [3.63, 3.8) is 0 Å². The number of aliphatic hydroxyl groups is 1. The summed E-state index contributed by atoms with van der Waals surface area (Å²) in [6, 6.07) is 13.8. The molecule has 3 heterocycles. The monoisotopic (exact) mass is 421 g/mol. The molecule has 3 atom stereocenters. The van der Waals surface area contributed by atoms with Crippen molar-refractivity contribution >= 4 is 17.7 Å². The highest BCUT2D eigenvalue weighted by atomic mass is 16.6. The fourth-order valence-corrected chi connectivity index (χ4v) is 5.03. The predicted molar refractivity (Wildman–Crippen MR) is 116 cm³/mol. The van der Waals surface area contributed by atoms with Crippen LogP contribution in [0, 0.1) is 0 Å². The van der Waals surface area contributed by atoms with Crippen molar-refractivity contribution in [3.05, 3.63) is 64.7 Å². The zero-order chi connectivity index (χ0) is 21.5. The van der Waals surface area contributed by atoms with E-state index >= 15 is 0 Å². The van der Waals surface area contributed by atoms with Crippen LogP contribution in [-0.4, -0.2) is 58.7 Å². The van der Waals surface area contributed by atoms with E-state index < -0.39 is 12.2 Å². The Morgan fingerprint density at radius 1 is 1.16 bits per heavy atom. The van der Waals surface area contributed by atoms with Crippen molar-refractivity contribution in [1.29, 1.82) is 0 Å². The average Bonchev–Trinajstić information content (AvgIpc) is 2.77. The summed E-state index contributed by atoms with van der Waals surface area (Å²) >= 11 is 0. The third kappa shape index (κ3) is 3.79. The van der Waals surface area contributed by atoms with E-state index in [9.17, 15) is 14.7 Å². The van der Waals surface area contributed by atoms with Crippen LogP contribution in [0.15, 0.2) is 42.5 Å². The molecule has 0 bridgehead atoms. The summed E-state index contributed by atoms with van der Waals surface area (Å²) in [5.41, 5.74) is 4.68. The maximum atomic E-state index is 13.1. The first-order valence-electron chi connectivity index (χ1n) is 10.9. The van der Waals surface area contributed by atoms with Gasteiger partial charge in [0.2, 0.25) is 0 Å². The molecule has 1 saturated heterocycles. The number of benzene rings is 2. The molecule has 162 valence electrons. The highest BCUT2D eigenvalue weighted by Gasteiger charge is 2.35. The normalized spacial score (nSPS) is 25.8. The van der Waals surface area contributed by atoms with E-state index in [0.29, 0.717) is 24.3 Å². The molecular formula is C24H27N3O4. The summed E-state index contributed by atoms with van der Waals surface area (Å²) in [4.78, 5) is 28.8. The number of β-amino-alcohol motifs (C(OH)–C–C–N with tert-alkyl or cyclic N) is 1. The molecule has 0 saturated carbocycles. The smallest absolute Gasteiger partial charge is 0.412 e. The molecule has 2 amide bonds. The van der Waals surface area contributed by atoms with Crippen LogP contribution in [0.3, 0.4) is 0 Å². The molecular weight excluding hydrogens is 394 g/mol. The van der Waals surface area contributed by atoms with Gasteiger partial charge in [0.15, 0.2) is 0 Å². The van der Waals surface area contributed by atoms with Crippen molar-refractivity contribution in [2.45, 2.75) is 44.6 Å². The van der Waals surface area contributed by atoms with Gasteiger partial charge in [-0.25, -0.2) is 4.79 Å². The minimum Gasteiger partial charge on any atom is -0.441 e. The van der Waals surface area contributed by atoms with Gasteiger partial charge in [-0.2, -0.15) is 0 Å². The minimum atomic E-state index is -0.589. The van der Waals surface area contributed by atoms with Gasteiger partial charge in [-0.1, -0.05) is 30.3 Å². The Morgan fingerprint density at radius 3 is 2.77 bits per heavy atom. The van der Waals surface area contributed by atoms with Crippen LogP contribution in [0.2, 0.25) is 0 Å². The summed E-state index contributed by atoms with van der Waals surface area (Å²) < 4.78 is 5.15. The number of anilines is 1. The molecule has 3 aliphatic rings. The number of likely N-dealkylation sites (tertiary alicyclic amines) is 1. The molecule has 2 aromatic rings. The van der Waals surface area contributed by atoms with Crippen molar-refractivity contribution in [2.75, 3.05) is 25.0 Å². The summed E-state index contributed by atoms with van der Waals surface area (Å²) in [7, 11) is 0. The topological polar surface area (TPSA) is 82.1 Å². The van der Waals surface area contributed by atoms with Crippen LogP contribution in [0.1, 0.15) is 46.5 Å². The second-order valence-corrected chi connectivity index (χ2v) is 8.64. The number of nitrogens with zero attached hydrogens (tertiary/aromatic N) is 2. The van der Waals surface area contributed by atoms with Gasteiger partial charge in [0.25, 0.3) is 5.91 Å². The number of piperidine rings is 1. The lowest BCUT2D eigenvalue weighted by Crippen LogP contribution is -2.56. The first-order valence-corrected chi connectivity index (χ1v) is 10.9. The van der Waals surface area contributed by atoms with Gasteiger partial charge in [0.05, 0.1) is 11.8 Å². The zero-order valence-electron chi connectivity index (χ0n) is 17.6. The zero-order valence-corrected chi connectivity index (χ0v) is 17.6. The van der Waals surface area contributed by atoms with E-state index in [-0.39, 0.29) is 18.1 Å². The SMILES string of the molecule is CC1OC(=O)Nc2cc(C(=O)N3CC[C@H](N4CCc5ccccc5C4)[C@@H](O)C3)ccc21. The standard InChI is InChI=1S/C24H27N3O4/c1-15-19-7-6-17(12-20(19)25-24(30)31-15)23(29)27-11-9-21(22(28)14-27)26-10-8-16-4-2-3-5-18(16)13-26/h2-7,12,15,21-22,28H,8-11,13-14H2,1H3,(H,25,30)/t15?,21-,22-/m0/s1. The number of hydrogen-bond donors (Lipinski definition) is 2. The van der Waals surface area contributed by atoms with E-state index in [1.165, 1.54) is 11.1 Å². The number of hydrogen-bond acceptors (Lipinski definition) is 5. The summed E-state index contributed by atoms with van der Waals surface area (Å²) in [6.45, 7) is 4.49. The predicted octanol–water partition coefficient (Wildman–Crippen LogP) is 2.94. The highest BCUT2D eigenvalue weighted by molar-refractivity contribution is 5.97. The molecule has 0 aliphatic carbocycles. The van der Waals surface area contributed by atoms with Crippen LogP contribution in [-0.2, 0) is 17.7 Å². The first-order chi connectivity index (χ1) is 15.0. The van der Waals surface area contributed by atoms with Gasteiger partial charge in [-0.05, 0) is 43.0 Å². The molecule has 7 heteroatoms. The Balaban J connectivity index is 1.26. The Labute approximate surface area is 181 Å². The fourth-order valence-electron chi connectivity index (χ4n) is 5.03. The minimum absolute atomic E-state index is 0.0539. The second-order valence-electron chi connectivity index (χ2n) is 8.64. The van der Waals surface area contributed by atoms with Gasteiger partial charge in [0, 0.05) is 43.3 Å². The Bertz CT molecular complexity index is 1020. The van der Waals surface area contributed by atoms with E-state index in [4.69, 9.17) is 4.74 Å². The third-order valence-corrected chi connectivity index (χ3v) is 6.72. The number of carbonyl (C=O) groups is 2. The van der Waals surface area contributed by atoms with Crippen molar-refractivity contribution < 1.29 is 19.4 Å². The molecule has 3 aliphatic heterocycles. The number of rotatable bonds is 2. The third-order valence-electron chi connectivity index (χ3n) is 6.72. The number of fused-ring (bicyclic) bond motifs is 2. The van der Waals surface area contributed by atoms with E-state index in [2.05, 4.69) is 34.5 Å².